The van der Waals surface area contributed by atoms with Gasteiger partial charge in [0, 0.05) is 16.8 Å². The van der Waals surface area contributed by atoms with Crippen LogP contribution in [0.3, 0.4) is 0 Å². The molecule has 3 rings (SSSR count). The molecule has 3 amide bonds. The third kappa shape index (κ3) is 3.93. The number of anilines is 1. The van der Waals surface area contributed by atoms with Gasteiger partial charge in [-0.3, -0.25) is 9.59 Å². The van der Waals surface area contributed by atoms with Gasteiger partial charge in [0.05, 0.1) is 19.6 Å². The maximum absolute atomic E-state index is 13.0. The number of ether oxygens (including phenoxy) is 1. The summed E-state index contributed by atoms with van der Waals surface area (Å²) in [5.74, 6) is -0.839. The van der Waals surface area contributed by atoms with E-state index in [1.807, 2.05) is 0 Å². The number of urea groups is 1. The van der Waals surface area contributed by atoms with Crippen LogP contribution in [-0.2, 0) is 14.3 Å². The minimum Gasteiger partial charge on any atom is -0.469 e. The average Bonchev–Trinajstić information content (AvgIpc) is 2.63. The van der Waals surface area contributed by atoms with Crippen molar-refractivity contribution in [1.29, 1.82) is 0 Å². The normalized spacial score (nSPS) is 25.1. The van der Waals surface area contributed by atoms with Gasteiger partial charge in [0.15, 0.2) is 0 Å². The first-order chi connectivity index (χ1) is 12.5. The van der Waals surface area contributed by atoms with E-state index in [-0.39, 0.29) is 24.4 Å². The minimum absolute atomic E-state index is 0.0823. The topological polar surface area (TPSA) is 87.7 Å². The van der Waals surface area contributed by atoms with E-state index >= 15 is 0 Å². The number of fused-ring (bicyclic) bond motifs is 1. The van der Waals surface area contributed by atoms with Gasteiger partial charge >= 0.3 is 12.0 Å². The SMILES string of the molecule is COC(=O)C[C@@H]1C(=O)N[C@H]2CCCC[C@@H]2N1C(=O)Nc1ccc(Cl)cc1. The van der Waals surface area contributed by atoms with Crippen LogP contribution in [0.5, 0.6) is 0 Å². The Morgan fingerprint density at radius 3 is 2.65 bits per heavy atom. The molecule has 140 valence electrons. The molecule has 0 bridgehead atoms. The van der Waals surface area contributed by atoms with Crippen LogP contribution in [0, 0.1) is 0 Å². The smallest absolute Gasteiger partial charge is 0.322 e. The first-order valence-electron chi connectivity index (χ1n) is 8.71. The quantitative estimate of drug-likeness (QED) is 0.790. The lowest BCUT2D eigenvalue weighted by atomic mass is 9.85. The number of carbonyl (C=O) groups excluding carboxylic acids is 3. The van der Waals surface area contributed by atoms with Crippen LogP contribution < -0.4 is 10.6 Å². The highest BCUT2D eigenvalue weighted by atomic mass is 35.5. The summed E-state index contributed by atoms with van der Waals surface area (Å²) in [6.45, 7) is 0. The second-order valence-corrected chi connectivity index (χ2v) is 7.04. The van der Waals surface area contributed by atoms with Gasteiger partial charge in [-0.1, -0.05) is 24.4 Å². The molecule has 1 aromatic carbocycles. The Bertz CT molecular complexity index is 694. The van der Waals surface area contributed by atoms with Gasteiger partial charge in [-0.15, -0.1) is 0 Å². The summed E-state index contributed by atoms with van der Waals surface area (Å²) in [5.41, 5.74) is 0.578. The summed E-state index contributed by atoms with van der Waals surface area (Å²) < 4.78 is 4.70. The number of methoxy groups -OCH3 is 1. The lowest BCUT2D eigenvalue weighted by Gasteiger charge is -2.47. The minimum atomic E-state index is -0.880. The summed E-state index contributed by atoms with van der Waals surface area (Å²) >= 11 is 5.88. The molecule has 2 aliphatic rings. The van der Waals surface area contributed by atoms with Crippen molar-refractivity contribution >= 4 is 35.2 Å². The number of amides is 3. The van der Waals surface area contributed by atoms with Crippen LogP contribution in [-0.4, -0.2) is 48.0 Å². The molecule has 8 heteroatoms. The molecule has 1 saturated heterocycles. The van der Waals surface area contributed by atoms with Crippen molar-refractivity contribution in [3.05, 3.63) is 29.3 Å². The molecule has 1 aliphatic carbocycles. The predicted molar refractivity (Wildman–Crippen MR) is 96.9 cm³/mol. The van der Waals surface area contributed by atoms with Gasteiger partial charge in [-0.25, -0.2) is 4.79 Å². The third-order valence-corrected chi connectivity index (χ3v) is 5.22. The van der Waals surface area contributed by atoms with Crippen molar-refractivity contribution in [3.8, 4) is 0 Å². The number of rotatable bonds is 3. The molecule has 3 atom stereocenters. The molecule has 1 aromatic rings. The van der Waals surface area contributed by atoms with E-state index in [4.69, 9.17) is 16.3 Å². The third-order valence-electron chi connectivity index (χ3n) is 4.97. The zero-order valence-corrected chi connectivity index (χ0v) is 15.3. The summed E-state index contributed by atoms with van der Waals surface area (Å²) in [5, 5.41) is 6.34. The first-order valence-corrected chi connectivity index (χ1v) is 9.09. The summed E-state index contributed by atoms with van der Waals surface area (Å²) in [4.78, 5) is 38.8. The molecular formula is C18H22ClN3O4. The number of halogens is 1. The second-order valence-electron chi connectivity index (χ2n) is 6.61. The van der Waals surface area contributed by atoms with E-state index in [9.17, 15) is 14.4 Å². The van der Waals surface area contributed by atoms with Crippen molar-refractivity contribution in [2.75, 3.05) is 12.4 Å². The molecule has 2 fully saturated rings. The van der Waals surface area contributed by atoms with E-state index in [0.717, 1.165) is 25.7 Å². The highest BCUT2D eigenvalue weighted by Gasteiger charge is 2.46. The molecule has 1 aliphatic heterocycles. The highest BCUT2D eigenvalue weighted by molar-refractivity contribution is 6.30. The van der Waals surface area contributed by atoms with Gasteiger partial charge < -0.3 is 20.3 Å². The Kier molecular flexibility index (Phi) is 5.66. The maximum atomic E-state index is 13.0. The Hall–Kier alpha value is -2.28. The molecule has 0 radical (unpaired) electrons. The molecule has 1 heterocycles. The molecule has 0 unspecified atom stereocenters. The van der Waals surface area contributed by atoms with Gasteiger partial charge in [0.2, 0.25) is 5.91 Å². The maximum Gasteiger partial charge on any atom is 0.322 e. The lowest BCUT2D eigenvalue weighted by Crippen LogP contribution is -2.68. The molecule has 26 heavy (non-hydrogen) atoms. The number of hydrogen-bond donors (Lipinski definition) is 2. The molecular weight excluding hydrogens is 358 g/mol. The van der Waals surface area contributed by atoms with Crippen molar-refractivity contribution in [2.45, 2.75) is 50.2 Å². The molecule has 1 saturated carbocycles. The molecule has 7 nitrogen and oxygen atoms in total. The number of piperazine rings is 1. The van der Waals surface area contributed by atoms with Gasteiger partial charge in [-0.05, 0) is 37.1 Å². The average molecular weight is 380 g/mol. The van der Waals surface area contributed by atoms with Gasteiger partial charge in [0.1, 0.15) is 6.04 Å². The van der Waals surface area contributed by atoms with Crippen LogP contribution in [0.4, 0.5) is 10.5 Å². The molecule has 2 N–H and O–H groups in total. The van der Waals surface area contributed by atoms with Crippen LogP contribution >= 0.6 is 11.6 Å². The van der Waals surface area contributed by atoms with Crippen LogP contribution in [0.25, 0.3) is 0 Å². The Labute approximate surface area is 157 Å². The monoisotopic (exact) mass is 379 g/mol. The number of nitrogens with one attached hydrogen (secondary N) is 2. The fraction of sp³-hybridized carbons (Fsp3) is 0.500. The van der Waals surface area contributed by atoms with E-state index in [1.54, 1.807) is 24.3 Å². The fourth-order valence-electron chi connectivity index (χ4n) is 3.69. The van der Waals surface area contributed by atoms with E-state index in [0.29, 0.717) is 10.7 Å². The Morgan fingerprint density at radius 2 is 1.96 bits per heavy atom. The van der Waals surface area contributed by atoms with E-state index in [2.05, 4.69) is 10.6 Å². The zero-order valence-electron chi connectivity index (χ0n) is 14.5. The standard InChI is InChI=1S/C18H22ClN3O4/c1-26-16(23)10-15-17(24)21-13-4-2-3-5-14(13)22(15)18(25)20-12-8-6-11(19)7-9-12/h6-9,13-15H,2-5,10H2,1H3,(H,20,25)(H,21,24)/t13-,14-,15+/m0/s1. The lowest BCUT2D eigenvalue weighted by molar-refractivity contribution is -0.146. The highest BCUT2D eigenvalue weighted by Crippen LogP contribution is 2.30. The number of esters is 1. The first kappa shape index (κ1) is 18.5. The number of nitrogens with zero attached hydrogens (tertiary/aromatic N) is 1. The van der Waals surface area contributed by atoms with E-state index in [1.165, 1.54) is 12.0 Å². The van der Waals surface area contributed by atoms with Crippen molar-refractivity contribution in [1.82, 2.24) is 10.2 Å². The summed E-state index contributed by atoms with van der Waals surface area (Å²) in [7, 11) is 1.27. The second kappa shape index (κ2) is 7.95. The van der Waals surface area contributed by atoms with Crippen LogP contribution in [0.2, 0.25) is 5.02 Å². The predicted octanol–water partition coefficient (Wildman–Crippen LogP) is 2.55. The van der Waals surface area contributed by atoms with Gasteiger partial charge in [-0.2, -0.15) is 0 Å². The van der Waals surface area contributed by atoms with Crippen molar-refractivity contribution < 1.29 is 19.1 Å². The fourth-order valence-corrected chi connectivity index (χ4v) is 3.82. The van der Waals surface area contributed by atoms with Crippen LogP contribution in [0.1, 0.15) is 32.1 Å². The number of benzene rings is 1. The Morgan fingerprint density at radius 1 is 1.27 bits per heavy atom. The van der Waals surface area contributed by atoms with Crippen molar-refractivity contribution in [3.63, 3.8) is 0 Å². The Balaban J connectivity index is 1.85. The number of hydrogen-bond acceptors (Lipinski definition) is 4. The van der Waals surface area contributed by atoms with Crippen molar-refractivity contribution in [2.24, 2.45) is 0 Å². The van der Waals surface area contributed by atoms with Gasteiger partial charge in [0.25, 0.3) is 0 Å². The molecule has 0 aromatic heterocycles. The zero-order chi connectivity index (χ0) is 18.7. The molecule has 0 spiro atoms. The summed E-state index contributed by atoms with van der Waals surface area (Å²) in [6, 6.07) is 5.24. The number of carbonyl (C=O) groups is 3. The van der Waals surface area contributed by atoms with E-state index < -0.39 is 18.0 Å². The van der Waals surface area contributed by atoms with Crippen LogP contribution in [0.15, 0.2) is 24.3 Å². The largest absolute Gasteiger partial charge is 0.469 e. The summed E-state index contributed by atoms with van der Waals surface area (Å²) in [6.07, 6.45) is 3.44.